The second kappa shape index (κ2) is 8.41. The number of hydrogen-bond donors (Lipinski definition) is 0. The smallest absolute Gasteiger partial charge is 0.227 e. The highest BCUT2D eigenvalue weighted by Crippen LogP contribution is 2.13. The molecule has 1 aromatic heterocycles. The SMILES string of the molecule is CCc1ccc(C(=O)CN2CCN(C(=O)Cc3cccs3)CC2)cc1. The van der Waals surface area contributed by atoms with E-state index in [4.69, 9.17) is 0 Å². The van der Waals surface area contributed by atoms with Crippen LogP contribution in [0.5, 0.6) is 0 Å². The summed E-state index contributed by atoms with van der Waals surface area (Å²) in [7, 11) is 0. The molecule has 0 aliphatic carbocycles. The van der Waals surface area contributed by atoms with Gasteiger partial charge in [-0.15, -0.1) is 11.3 Å². The Morgan fingerprint density at radius 1 is 1.04 bits per heavy atom. The highest BCUT2D eigenvalue weighted by atomic mass is 32.1. The fraction of sp³-hybridized carbons (Fsp3) is 0.400. The molecule has 1 aliphatic heterocycles. The van der Waals surface area contributed by atoms with Crippen LogP contribution < -0.4 is 0 Å². The van der Waals surface area contributed by atoms with E-state index in [1.165, 1.54) is 5.56 Å². The van der Waals surface area contributed by atoms with Gasteiger partial charge in [0.25, 0.3) is 0 Å². The summed E-state index contributed by atoms with van der Waals surface area (Å²) in [6.45, 7) is 5.46. The second-order valence-electron chi connectivity index (χ2n) is 6.39. The molecule has 2 aromatic rings. The molecule has 1 fully saturated rings. The summed E-state index contributed by atoms with van der Waals surface area (Å²) in [6, 6.07) is 11.9. The topological polar surface area (TPSA) is 40.6 Å². The maximum Gasteiger partial charge on any atom is 0.227 e. The van der Waals surface area contributed by atoms with Crippen molar-refractivity contribution < 1.29 is 9.59 Å². The number of thiophene rings is 1. The van der Waals surface area contributed by atoms with E-state index < -0.39 is 0 Å². The molecule has 1 aliphatic rings. The van der Waals surface area contributed by atoms with Gasteiger partial charge in [-0.1, -0.05) is 37.3 Å². The Balaban J connectivity index is 1.46. The third-order valence-corrected chi connectivity index (χ3v) is 5.56. The highest BCUT2D eigenvalue weighted by molar-refractivity contribution is 7.10. The zero-order valence-electron chi connectivity index (χ0n) is 14.6. The first-order chi connectivity index (χ1) is 12.2. The van der Waals surface area contributed by atoms with Crippen LogP contribution in [0.4, 0.5) is 0 Å². The van der Waals surface area contributed by atoms with Gasteiger partial charge in [-0.05, 0) is 23.4 Å². The van der Waals surface area contributed by atoms with Gasteiger partial charge in [0.05, 0.1) is 13.0 Å². The average Bonchev–Trinajstić information content (AvgIpc) is 3.15. The molecule has 0 N–H and O–H groups in total. The quantitative estimate of drug-likeness (QED) is 0.747. The molecule has 0 radical (unpaired) electrons. The lowest BCUT2D eigenvalue weighted by molar-refractivity contribution is -0.132. The number of carbonyl (C=O) groups excluding carboxylic acids is 2. The number of nitrogens with zero attached hydrogens (tertiary/aromatic N) is 2. The van der Waals surface area contributed by atoms with E-state index >= 15 is 0 Å². The molecule has 3 rings (SSSR count). The van der Waals surface area contributed by atoms with Crippen LogP contribution in [0.2, 0.25) is 0 Å². The number of carbonyl (C=O) groups is 2. The van der Waals surface area contributed by atoms with E-state index in [2.05, 4.69) is 11.8 Å². The number of piperazine rings is 1. The zero-order chi connectivity index (χ0) is 17.6. The maximum absolute atomic E-state index is 12.4. The lowest BCUT2D eigenvalue weighted by atomic mass is 10.1. The minimum Gasteiger partial charge on any atom is -0.340 e. The highest BCUT2D eigenvalue weighted by Gasteiger charge is 2.23. The number of amides is 1. The Morgan fingerprint density at radius 2 is 1.76 bits per heavy atom. The van der Waals surface area contributed by atoms with Crippen LogP contribution in [0.15, 0.2) is 41.8 Å². The average molecular weight is 356 g/mol. The van der Waals surface area contributed by atoms with Gasteiger partial charge < -0.3 is 4.90 Å². The summed E-state index contributed by atoms with van der Waals surface area (Å²) in [5, 5.41) is 2.00. The number of benzene rings is 1. The fourth-order valence-electron chi connectivity index (χ4n) is 3.05. The van der Waals surface area contributed by atoms with Crippen molar-refractivity contribution in [1.82, 2.24) is 9.80 Å². The molecule has 132 valence electrons. The normalized spacial score (nSPS) is 15.3. The van der Waals surface area contributed by atoms with E-state index in [9.17, 15) is 9.59 Å². The molecule has 0 spiro atoms. The van der Waals surface area contributed by atoms with Gasteiger partial charge in [-0.25, -0.2) is 0 Å². The third-order valence-electron chi connectivity index (χ3n) is 4.68. The molecule has 2 heterocycles. The molecule has 1 aromatic carbocycles. The lowest BCUT2D eigenvalue weighted by Crippen LogP contribution is -2.50. The van der Waals surface area contributed by atoms with Crippen molar-refractivity contribution in [1.29, 1.82) is 0 Å². The Hall–Kier alpha value is -1.98. The van der Waals surface area contributed by atoms with Crippen molar-refractivity contribution >= 4 is 23.0 Å². The zero-order valence-corrected chi connectivity index (χ0v) is 15.4. The van der Waals surface area contributed by atoms with Gasteiger partial charge in [0.2, 0.25) is 5.91 Å². The van der Waals surface area contributed by atoms with Crippen LogP contribution in [-0.4, -0.2) is 54.2 Å². The molecule has 25 heavy (non-hydrogen) atoms. The Kier molecular flexibility index (Phi) is 6.00. The van der Waals surface area contributed by atoms with Crippen LogP contribution in [0.1, 0.15) is 27.7 Å². The molecule has 4 nitrogen and oxygen atoms in total. The summed E-state index contributed by atoms with van der Waals surface area (Å²) >= 11 is 1.62. The number of aryl methyl sites for hydroxylation is 1. The van der Waals surface area contributed by atoms with Gasteiger partial charge >= 0.3 is 0 Å². The summed E-state index contributed by atoms with van der Waals surface area (Å²) in [4.78, 5) is 29.9. The van der Waals surface area contributed by atoms with E-state index in [-0.39, 0.29) is 11.7 Å². The predicted octanol–water partition coefficient (Wildman–Crippen LogP) is 2.88. The standard InChI is InChI=1S/C20H24N2O2S/c1-2-16-5-7-17(8-6-16)19(23)15-21-9-11-22(12-10-21)20(24)14-18-4-3-13-25-18/h3-8,13H,2,9-12,14-15H2,1H3. The van der Waals surface area contributed by atoms with Gasteiger partial charge in [0, 0.05) is 36.6 Å². The molecule has 0 unspecified atom stereocenters. The first-order valence-corrected chi connectivity index (χ1v) is 9.68. The van der Waals surface area contributed by atoms with Crippen LogP contribution in [0.3, 0.4) is 0 Å². The van der Waals surface area contributed by atoms with Crippen molar-refractivity contribution in [3.05, 3.63) is 57.8 Å². The van der Waals surface area contributed by atoms with Crippen molar-refractivity contribution in [2.45, 2.75) is 19.8 Å². The molecule has 0 bridgehead atoms. The van der Waals surface area contributed by atoms with Crippen LogP contribution in [-0.2, 0) is 17.6 Å². The van der Waals surface area contributed by atoms with Gasteiger partial charge in [0.15, 0.2) is 5.78 Å². The van der Waals surface area contributed by atoms with Crippen molar-refractivity contribution in [3.8, 4) is 0 Å². The van der Waals surface area contributed by atoms with Gasteiger partial charge in [-0.3, -0.25) is 14.5 Å². The van der Waals surface area contributed by atoms with E-state index in [1.54, 1.807) is 11.3 Å². The molecule has 1 saturated heterocycles. The lowest BCUT2D eigenvalue weighted by Gasteiger charge is -2.34. The van der Waals surface area contributed by atoms with Crippen molar-refractivity contribution in [2.75, 3.05) is 32.7 Å². The Bertz CT molecular complexity index is 702. The molecule has 1 amide bonds. The Labute approximate surface area is 153 Å². The maximum atomic E-state index is 12.4. The minimum absolute atomic E-state index is 0.154. The molecule has 0 atom stereocenters. The van der Waals surface area contributed by atoms with Gasteiger partial charge in [0.1, 0.15) is 0 Å². The van der Waals surface area contributed by atoms with Gasteiger partial charge in [-0.2, -0.15) is 0 Å². The molecular formula is C20H24N2O2S. The van der Waals surface area contributed by atoms with Crippen LogP contribution in [0, 0.1) is 0 Å². The summed E-state index contributed by atoms with van der Waals surface area (Å²) < 4.78 is 0. The monoisotopic (exact) mass is 356 g/mol. The van der Waals surface area contributed by atoms with Crippen molar-refractivity contribution in [2.24, 2.45) is 0 Å². The van der Waals surface area contributed by atoms with Crippen LogP contribution >= 0.6 is 11.3 Å². The number of Topliss-reactive ketones (excluding diaryl/α,β-unsaturated/α-hetero) is 1. The summed E-state index contributed by atoms with van der Waals surface area (Å²) in [5.41, 5.74) is 2.02. The number of ketones is 1. The molecule has 5 heteroatoms. The van der Waals surface area contributed by atoms with Crippen LogP contribution in [0.25, 0.3) is 0 Å². The molecule has 0 saturated carbocycles. The van der Waals surface area contributed by atoms with E-state index in [1.807, 2.05) is 46.7 Å². The number of rotatable bonds is 6. The summed E-state index contributed by atoms with van der Waals surface area (Å²) in [6.07, 6.45) is 1.47. The first-order valence-electron chi connectivity index (χ1n) is 8.80. The summed E-state index contributed by atoms with van der Waals surface area (Å²) in [5.74, 6) is 0.338. The van der Waals surface area contributed by atoms with E-state index in [0.717, 1.165) is 30.0 Å². The minimum atomic E-state index is 0.154. The number of hydrogen-bond acceptors (Lipinski definition) is 4. The second-order valence-corrected chi connectivity index (χ2v) is 7.42. The predicted molar refractivity (Wildman–Crippen MR) is 101 cm³/mol. The van der Waals surface area contributed by atoms with Crippen molar-refractivity contribution in [3.63, 3.8) is 0 Å². The first kappa shape index (κ1) is 17.8. The van der Waals surface area contributed by atoms with E-state index in [0.29, 0.717) is 26.1 Å². The Morgan fingerprint density at radius 3 is 2.36 bits per heavy atom. The molecular weight excluding hydrogens is 332 g/mol. The largest absolute Gasteiger partial charge is 0.340 e. The third kappa shape index (κ3) is 4.77. The fourth-order valence-corrected chi connectivity index (χ4v) is 3.75.